The minimum Gasteiger partial charge on any atom is -0.399 e. The molecule has 0 bridgehead atoms. The van der Waals surface area contributed by atoms with Crippen molar-refractivity contribution in [3.05, 3.63) is 30.0 Å². The van der Waals surface area contributed by atoms with Gasteiger partial charge in [0.2, 0.25) is 5.13 Å². The van der Waals surface area contributed by atoms with Gasteiger partial charge < -0.3 is 10.7 Å². The number of anilines is 2. The van der Waals surface area contributed by atoms with E-state index in [-0.39, 0.29) is 5.91 Å². The fourth-order valence-electron chi connectivity index (χ4n) is 1.67. The number of nitrogens with two attached hydrogens (primary N) is 1. The minimum atomic E-state index is -0.273. The number of fused-ring (bicyclic) bond motifs is 1. The van der Waals surface area contributed by atoms with E-state index in [0.29, 0.717) is 16.4 Å². The van der Waals surface area contributed by atoms with Gasteiger partial charge in [0.25, 0.3) is 5.91 Å². The Morgan fingerprint density at radius 3 is 3.11 bits per heavy atom. The first-order valence-corrected chi connectivity index (χ1v) is 5.84. The van der Waals surface area contributed by atoms with Crippen molar-refractivity contribution >= 4 is 39.2 Å². The maximum absolute atomic E-state index is 12.0. The van der Waals surface area contributed by atoms with Crippen LogP contribution >= 0.6 is 11.5 Å². The molecule has 1 aromatic carbocycles. The van der Waals surface area contributed by atoms with Gasteiger partial charge in [-0.2, -0.15) is 0 Å². The number of amides is 1. The Morgan fingerprint density at radius 1 is 1.44 bits per heavy atom. The molecule has 2 aromatic heterocycles. The predicted octanol–water partition coefficient (Wildman–Crippen LogP) is 1.25. The monoisotopic (exact) mass is 260 g/mol. The number of nitrogens with zero attached hydrogens (tertiary/aromatic N) is 3. The third-order valence-corrected chi connectivity index (χ3v) is 2.98. The number of aromatic amines is 1. The van der Waals surface area contributed by atoms with E-state index in [1.807, 2.05) is 6.07 Å². The second-order valence-corrected chi connectivity index (χ2v) is 4.36. The zero-order chi connectivity index (χ0) is 12.5. The van der Waals surface area contributed by atoms with Crippen molar-refractivity contribution in [2.75, 3.05) is 11.1 Å². The quantitative estimate of drug-likeness (QED) is 0.601. The number of hydrogen-bond acceptors (Lipinski definition) is 6. The summed E-state index contributed by atoms with van der Waals surface area (Å²) in [5.74, 6) is -0.273. The molecule has 7 nitrogen and oxygen atoms in total. The van der Waals surface area contributed by atoms with Crippen LogP contribution in [-0.4, -0.2) is 25.7 Å². The number of carbonyl (C=O) groups excluding carboxylic acids is 1. The van der Waals surface area contributed by atoms with Crippen molar-refractivity contribution in [3.63, 3.8) is 0 Å². The third kappa shape index (κ3) is 1.78. The van der Waals surface area contributed by atoms with Gasteiger partial charge in [0.05, 0.1) is 5.56 Å². The molecule has 90 valence electrons. The maximum Gasteiger partial charge on any atom is 0.259 e. The van der Waals surface area contributed by atoms with E-state index < -0.39 is 0 Å². The second-order valence-electron chi connectivity index (χ2n) is 3.63. The SMILES string of the molecule is Nc1ccc2[nH]cc(C(=O)Nc3nnns3)c2c1. The summed E-state index contributed by atoms with van der Waals surface area (Å²) in [5, 5.41) is 10.8. The van der Waals surface area contributed by atoms with Crippen LogP contribution in [0.3, 0.4) is 0 Å². The lowest BCUT2D eigenvalue weighted by molar-refractivity contribution is 0.102. The number of benzene rings is 1. The summed E-state index contributed by atoms with van der Waals surface area (Å²) >= 11 is 1.02. The Morgan fingerprint density at radius 2 is 2.33 bits per heavy atom. The number of hydrogen-bond donors (Lipinski definition) is 3. The van der Waals surface area contributed by atoms with Gasteiger partial charge in [-0.25, -0.2) is 0 Å². The fraction of sp³-hybridized carbons (Fsp3) is 0. The van der Waals surface area contributed by atoms with Crippen LogP contribution in [0.5, 0.6) is 0 Å². The summed E-state index contributed by atoms with van der Waals surface area (Å²) in [6, 6.07) is 5.35. The van der Waals surface area contributed by atoms with Crippen LogP contribution in [0.2, 0.25) is 0 Å². The molecule has 8 heteroatoms. The maximum atomic E-state index is 12.0. The molecule has 1 amide bonds. The van der Waals surface area contributed by atoms with Gasteiger partial charge in [-0.1, -0.05) is 9.59 Å². The van der Waals surface area contributed by atoms with Gasteiger partial charge in [-0.3, -0.25) is 10.1 Å². The molecular formula is C10H8N6OS. The second kappa shape index (κ2) is 4.08. The largest absolute Gasteiger partial charge is 0.399 e. The van der Waals surface area contributed by atoms with Crippen LogP contribution in [0.4, 0.5) is 10.8 Å². The molecule has 0 spiro atoms. The van der Waals surface area contributed by atoms with Crippen molar-refractivity contribution < 1.29 is 4.79 Å². The Bertz CT molecular complexity index is 704. The van der Waals surface area contributed by atoms with Gasteiger partial charge in [0.15, 0.2) is 0 Å². The number of H-pyrrole nitrogens is 1. The standard InChI is InChI=1S/C10H8N6OS/c11-5-1-2-8-6(3-5)7(4-12-8)9(17)13-10-14-15-16-18-10/h1-4,12H,11H2,(H,13,14,16,17). The van der Waals surface area contributed by atoms with Gasteiger partial charge >= 0.3 is 0 Å². The average Bonchev–Trinajstić information content (AvgIpc) is 2.97. The number of nitrogen functional groups attached to an aromatic ring is 1. The molecule has 4 N–H and O–H groups in total. The number of nitrogens with one attached hydrogen (secondary N) is 2. The summed E-state index contributed by atoms with van der Waals surface area (Å²) in [6.07, 6.45) is 1.63. The summed E-state index contributed by atoms with van der Waals surface area (Å²) in [4.78, 5) is 15.0. The van der Waals surface area contributed by atoms with Crippen LogP contribution < -0.4 is 11.1 Å². The van der Waals surface area contributed by atoms with Crippen LogP contribution in [0.1, 0.15) is 10.4 Å². The van der Waals surface area contributed by atoms with Gasteiger partial charge in [-0.15, -0.1) is 0 Å². The van der Waals surface area contributed by atoms with E-state index in [9.17, 15) is 4.79 Å². The van der Waals surface area contributed by atoms with E-state index in [0.717, 1.165) is 22.4 Å². The first-order chi connectivity index (χ1) is 8.74. The molecule has 0 atom stereocenters. The zero-order valence-corrected chi connectivity index (χ0v) is 9.86. The topological polar surface area (TPSA) is 110 Å². The molecule has 0 aliphatic carbocycles. The average molecular weight is 260 g/mol. The molecule has 18 heavy (non-hydrogen) atoms. The van der Waals surface area contributed by atoms with Crippen molar-refractivity contribution in [1.82, 2.24) is 19.8 Å². The molecule has 3 aromatic rings. The van der Waals surface area contributed by atoms with Crippen LogP contribution in [0.15, 0.2) is 24.4 Å². The Labute approximate surface area is 105 Å². The highest BCUT2D eigenvalue weighted by Crippen LogP contribution is 2.21. The van der Waals surface area contributed by atoms with Gasteiger partial charge in [0.1, 0.15) is 0 Å². The summed E-state index contributed by atoms with van der Waals surface area (Å²) in [6.45, 7) is 0. The lowest BCUT2D eigenvalue weighted by atomic mass is 10.1. The molecule has 0 aliphatic heterocycles. The summed E-state index contributed by atoms with van der Waals surface area (Å²) in [5.41, 5.74) is 7.68. The van der Waals surface area contributed by atoms with E-state index in [1.54, 1.807) is 18.3 Å². The van der Waals surface area contributed by atoms with E-state index in [2.05, 4.69) is 25.1 Å². The van der Waals surface area contributed by atoms with Gasteiger partial charge in [-0.05, 0) is 23.4 Å². The normalized spacial score (nSPS) is 10.7. The summed E-state index contributed by atoms with van der Waals surface area (Å²) < 4.78 is 3.57. The molecule has 3 rings (SSSR count). The highest BCUT2D eigenvalue weighted by atomic mass is 32.1. The molecule has 0 fully saturated rings. The highest BCUT2D eigenvalue weighted by molar-refractivity contribution is 7.09. The molecule has 2 heterocycles. The Kier molecular flexibility index (Phi) is 2.41. The van der Waals surface area contributed by atoms with Crippen molar-refractivity contribution in [2.45, 2.75) is 0 Å². The Balaban J connectivity index is 1.98. The van der Waals surface area contributed by atoms with Gasteiger partial charge in [0, 0.05) is 34.3 Å². The highest BCUT2D eigenvalue weighted by Gasteiger charge is 2.13. The molecule has 0 saturated heterocycles. The van der Waals surface area contributed by atoms with E-state index in [1.165, 1.54) is 0 Å². The van der Waals surface area contributed by atoms with Crippen LogP contribution in [0.25, 0.3) is 10.9 Å². The van der Waals surface area contributed by atoms with Crippen LogP contribution in [-0.2, 0) is 0 Å². The minimum absolute atomic E-state index is 0.273. The number of carbonyl (C=O) groups is 1. The molecule has 0 saturated carbocycles. The molecule has 0 radical (unpaired) electrons. The predicted molar refractivity (Wildman–Crippen MR) is 68.4 cm³/mol. The van der Waals surface area contributed by atoms with E-state index >= 15 is 0 Å². The van der Waals surface area contributed by atoms with Crippen LogP contribution in [0, 0.1) is 0 Å². The first-order valence-electron chi connectivity index (χ1n) is 5.07. The Hall–Kier alpha value is -2.48. The van der Waals surface area contributed by atoms with E-state index in [4.69, 9.17) is 5.73 Å². The molecule has 0 unspecified atom stereocenters. The smallest absolute Gasteiger partial charge is 0.259 e. The zero-order valence-electron chi connectivity index (χ0n) is 9.04. The van der Waals surface area contributed by atoms with Crippen molar-refractivity contribution in [1.29, 1.82) is 0 Å². The fourth-order valence-corrected chi connectivity index (χ4v) is 2.03. The lowest BCUT2D eigenvalue weighted by Crippen LogP contribution is -2.11. The third-order valence-electron chi connectivity index (χ3n) is 2.47. The lowest BCUT2D eigenvalue weighted by Gasteiger charge is -1.99. The van der Waals surface area contributed by atoms with Crippen molar-refractivity contribution in [2.24, 2.45) is 0 Å². The number of rotatable bonds is 2. The first kappa shape index (κ1) is 10.7. The van der Waals surface area contributed by atoms with Crippen molar-refractivity contribution in [3.8, 4) is 0 Å². The molecular weight excluding hydrogens is 252 g/mol. The number of aromatic nitrogens is 4. The molecule has 0 aliphatic rings. The summed E-state index contributed by atoms with van der Waals surface area (Å²) in [7, 11) is 0.